The number of carbonyl (C=O) groups is 1. The second-order valence-electron chi connectivity index (χ2n) is 5.77. The van der Waals surface area contributed by atoms with E-state index in [0.29, 0.717) is 35.7 Å². The lowest BCUT2D eigenvalue weighted by atomic mass is 10.0. The van der Waals surface area contributed by atoms with Gasteiger partial charge in [0.25, 0.3) is 0 Å². The van der Waals surface area contributed by atoms with Crippen LogP contribution in [-0.4, -0.2) is 23.0 Å². The molecule has 0 fully saturated rings. The quantitative estimate of drug-likeness (QED) is 0.683. The minimum atomic E-state index is 0.0227. The highest BCUT2D eigenvalue weighted by atomic mass is 16.5. The van der Waals surface area contributed by atoms with E-state index >= 15 is 0 Å². The second kappa shape index (κ2) is 7.21. The van der Waals surface area contributed by atoms with E-state index in [-0.39, 0.29) is 11.5 Å². The first-order chi connectivity index (χ1) is 12.1. The maximum atomic E-state index is 12.3. The number of oxazole rings is 1. The van der Waals surface area contributed by atoms with E-state index in [4.69, 9.17) is 9.15 Å². The molecule has 0 saturated heterocycles. The molecule has 1 N–H and O–H groups in total. The third-order valence-corrected chi connectivity index (χ3v) is 4.03. The fourth-order valence-corrected chi connectivity index (χ4v) is 2.64. The molecule has 1 heterocycles. The van der Waals surface area contributed by atoms with Crippen molar-refractivity contribution in [2.45, 2.75) is 19.8 Å². The number of ketones is 1. The normalized spacial score (nSPS) is 10.6. The van der Waals surface area contributed by atoms with Gasteiger partial charge >= 0.3 is 0 Å². The molecule has 0 bridgehead atoms. The van der Waals surface area contributed by atoms with Crippen LogP contribution in [-0.2, 0) is 6.42 Å². The SMILES string of the molecule is COc1ccc(-c2nc(CCC(=O)c3ccccc3C)co2)cc1O. The molecule has 0 saturated carbocycles. The number of nitrogens with zero attached hydrogens (tertiary/aromatic N) is 1. The van der Waals surface area contributed by atoms with Crippen LogP contribution in [0.5, 0.6) is 11.5 Å². The van der Waals surface area contributed by atoms with Gasteiger partial charge in [0, 0.05) is 24.0 Å². The number of ether oxygens (including phenoxy) is 1. The van der Waals surface area contributed by atoms with Crippen molar-refractivity contribution in [3.8, 4) is 23.0 Å². The van der Waals surface area contributed by atoms with Gasteiger partial charge in [-0.05, 0) is 30.7 Å². The zero-order chi connectivity index (χ0) is 17.8. The van der Waals surface area contributed by atoms with Crippen LogP contribution in [0.4, 0.5) is 0 Å². The molecule has 5 nitrogen and oxygen atoms in total. The van der Waals surface area contributed by atoms with Crippen LogP contribution >= 0.6 is 0 Å². The number of carbonyl (C=O) groups excluding carboxylic acids is 1. The van der Waals surface area contributed by atoms with Gasteiger partial charge in [0.05, 0.1) is 12.8 Å². The van der Waals surface area contributed by atoms with Gasteiger partial charge < -0.3 is 14.3 Å². The van der Waals surface area contributed by atoms with E-state index < -0.39 is 0 Å². The van der Waals surface area contributed by atoms with Crippen LogP contribution in [0.3, 0.4) is 0 Å². The third-order valence-electron chi connectivity index (χ3n) is 4.03. The maximum absolute atomic E-state index is 12.3. The van der Waals surface area contributed by atoms with E-state index in [0.717, 1.165) is 11.1 Å². The first-order valence-electron chi connectivity index (χ1n) is 7.99. The highest BCUT2D eigenvalue weighted by Gasteiger charge is 2.13. The number of rotatable bonds is 6. The summed E-state index contributed by atoms with van der Waals surface area (Å²) in [6.45, 7) is 1.93. The first kappa shape index (κ1) is 16.8. The van der Waals surface area contributed by atoms with Gasteiger partial charge in [-0.1, -0.05) is 24.3 Å². The minimum absolute atomic E-state index is 0.0227. The Labute approximate surface area is 145 Å². The van der Waals surface area contributed by atoms with E-state index in [9.17, 15) is 9.90 Å². The van der Waals surface area contributed by atoms with E-state index in [1.807, 2.05) is 31.2 Å². The summed E-state index contributed by atoms with van der Waals surface area (Å²) in [5.41, 5.74) is 3.07. The van der Waals surface area contributed by atoms with Gasteiger partial charge in [-0.15, -0.1) is 0 Å². The molecule has 25 heavy (non-hydrogen) atoms. The molecule has 0 amide bonds. The molecule has 128 valence electrons. The minimum Gasteiger partial charge on any atom is -0.504 e. The Bertz CT molecular complexity index is 898. The molecule has 0 spiro atoms. The van der Waals surface area contributed by atoms with Crippen molar-refractivity contribution in [3.63, 3.8) is 0 Å². The van der Waals surface area contributed by atoms with E-state index in [1.54, 1.807) is 18.4 Å². The molecule has 0 aliphatic carbocycles. The van der Waals surface area contributed by atoms with Gasteiger partial charge in [0.15, 0.2) is 17.3 Å². The summed E-state index contributed by atoms with van der Waals surface area (Å²) < 4.78 is 10.5. The summed E-state index contributed by atoms with van der Waals surface area (Å²) in [5, 5.41) is 9.85. The van der Waals surface area contributed by atoms with Crippen molar-refractivity contribution in [1.29, 1.82) is 0 Å². The Morgan fingerprint density at radius 1 is 1.24 bits per heavy atom. The lowest BCUT2D eigenvalue weighted by Crippen LogP contribution is -2.03. The number of aryl methyl sites for hydroxylation is 2. The number of benzene rings is 2. The van der Waals surface area contributed by atoms with Crippen molar-refractivity contribution in [3.05, 3.63) is 65.5 Å². The number of methoxy groups -OCH3 is 1. The number of hydrogen-bond acceptors (Lipinski definition) is 5. The molecule has 0 aliphatic heterocycles. The van der Waals surface area contributed by atoms with Crippen LogP contribution in [0.25, 0.3) is 11.5 Å². The maximum Gasteiger partial charge on any atom is 0.226 e. The highest BCUT2D eigenvalue weighted by molar-refractivity contribution is 5.97. The summed E-state index contributed by atoms with van der Waals surface area (Å²) >= 11 is 0. The molecular weight excluding hydrogens is 318 g/mol. The lowest BCUT2D eigenvalue weighted by Gasteiger charge is -2.04. The molecule has 0 unspecified atom stereocenters. The second-order valence-corrected chi connectivity index (χ2v) is 5.77. The number of phenols is 1. The third kappa shape index (κ3) is 3.71. The fourth-order valence-electron chi connectivity index (χ4n) is 2.64. The molecule has 1 aromatic heterocycles. The number of aromatic nitrogens is 1. The standard InChI is InChI=1S/C20H19NO4/c1-13-5-3-4-6-16(13)17(22)9-8-15-12-25-20(21-15)14-7-10-19(24-2)18(23)11-14/h3-7,10-12,23H,8-9H2,1-2H3. The van der Waals surface area contributed by atoms with Gasteiger partial charge in [0.1, 0.15) is 6.26 Å². The predicted molar refractivity (Wildman–Crippen MR) is 94.0 cm³/mol. The molecule has 3 rings (SSSR count). The van der Waals surface area contributed by atoms with E-state index in [2.05, 4.69) is 4.98 Å². The Kier molecular flexibility index (Phi) is 4.84. The van der Waals surface area contributed by atoms with Crippen LogP contribution in [0.2, 0.25) is 0 Å². The number of hydrogen-bond donors (Lipinski definition) is 1. The summed E-state index contributed by atoms with van der Waals surface area (Å²) in [5.74, 6) is 0.898. The summed E-state index contributed by atoms with van der Waals surface area (Å²) in [6, 6.07) is 12.5. The van der Waals surface area contributed by atoms with Crippen LogP contribution < -0.4 is 4.74 Å². The average molecular weight is 337 g/mol. The number of Topliss-reactive ketones (excluding diaryl/α,β-unsaturated/α-hetero) is 1. The Hall–Kier alpha value is -3.08. The highest BCUT2D eigenvalue weighted by Crippen LogP contribution is 2.31. The van der Waals surface area contributed by atoms with Crippen LogP contribution in [0.1, 0.15) is 28.0 Å². The summed E-state index contributed by atoms with van der Waals surface area (Å²) in [6.07, 6.45) is 2.41. The summed E-state index contributed by atoms with van der Waals surface area (Å²) in [7, 11) is 1.49. The Morgan fingerprint density at radius 3 is 2.76 bits per heavy atom. The van der Waals surface area contributed by atoms with E-state index in [1.165, 1.54) is 13.2 Å². The number of phenolic OH excluding ortho intramolecular Hbond substituents is 1. The molecule has 5 heteroatoms. The van der Waals surface area contributed by atoms with Crippen molar-refractivity contribution < 1.29 is 19.1 Å². The summed E-state index contributed by atoms with van der Waals surface area (Å²) in [4.78, 5) is 16.7. The number of aromatic hydroxyl groups is 1. The molecule has 3 aromatic rings. The molecule has 0 atom stereocenters. The van der Waals surface area contributed by atoms with Crippen LogP contribution in [0, 0.1) is 6.92 Å². The first-order valence-corrected chi connectivity index (χ1v) is 7.99. The molecule has 0 aliphatic rings. The van der Waals surface area contributed by atoms with Gasteiger partial charge in [-0.3, -0.25) is 4.79 Å². The van der Waals surface area contributed by atoms with Crippen molar-refractivity contribution in [1.82, 2.24) is 4.98 Å². The Morgan fingerprint density at radius 2 is 2.04 bits per heavy atom. The topological polar surface area (TPSA) is 72.6 Å². The van der Waals surface area contributed by atoms with Crippen LogP contribution in [0.15, 0.2) is 53.1 Å². The van der Waals surface area contributed by atoms with Gasteiger partial charge in [-0.25, -0.2) is 4.98 Å². The lowest BCUT2D eigenvalue weighted by molar-refractivity contribution is 0.0982. The van der Waals surface area contributed by atoms with Crippen molar-refractivity contribution >= 4 is 5.78 Å². The zero-order valence-electron chi connectivity index (χ0n) is 14.2. The average Bonchev–Trinajstić information content (AvgIpc) is 3.09. The smallest absolute Gasteiger partial charge is 0.226 e. The largest absolute Gasteiger partial charge is 0.504 e. The van der Waals surface area contributed by atoms with Gasteiger partial charge in [-0.2, -0.15) is 0 Å². The molecule has 0 radical (unpaired) electrons. The van der Waals surface area contributed by atoms with Crippen molar-refractivity contribution in [2.75, 3.05) is 7.11 Å². The monoisotopic (exact) mass is 337 g/mol. The molecular formula is C20H19NO4. The zero-order valence-corrected chi connectivity index (χ0v) is 14.2. The van der Waals surface area contributed by atoms with Gasteiger partial charge in [0.2, 0.25) is 5.89 Å². The molecule has 2 aromatic carbocycles. The van der Waals surface area contributed by atoms with Crippen molar-refractivity contribution in [2.24, 2.45) is 0 Å². The fraction of sp³-hybridized carbons (Fsp3) is 0.200. The Balaban J connectivity index is 1.69. The predicted octanol–water partition coefficient (Wildman–Crippen LogP) is 4.18.